The number of pyridine rings is 1. The van der Waals surface area contributed by atoms with Crippen molar-refractivity contribution >= 4 is 32.8 Å². The number of piperazine rings is 1. The number of carboxylic acids is 1. The summed E-state index contributed by atoms with van der Waals surface area (Å²) in [6, 6.07) is 7.12. The fraction of sp³-hybridized carbons (Fsp3) is 0.364. The van der Waals surface area contributed by atoms with Crippen molar-refractivity contribution in [2.45, 2.75) is 37.1 Å². The van der Waals surface area contributed by atoms with Crippen molar-refractivity contribution in [3.05, 3.63) is 54.5 Å². The number of benzene rings is 1. The predicted octanol–water partition coefficient (Wildman–Crippen LogP) is 2.29. The van der Waals surface area contributed by atoms with Crippen LogP contribution in [0.25, 0.3) is 11.0 Å². The van der Waals surface area contributed by atoms with Crippen molar-refractivity contribution in [1.82, 2.24) is 19.3 Å². The third-order valence-electron chi connectivity index (χ3n) is 5.60. The summed E-state index contributed by atoms with van der Waals surface area (Å²) in [5.74, 6) is -0.705. The molecule has 0 radical (unpaired) electrons. The first kappa shape index (κ1) is 22.1. The second-order valence-corrected chi connectivity index (χ2v) is 10.7. The molecule has 1 N–H and O–H groups in total. The Hall–Kier alpha value is -3.11. The highest BCUT2D eigenvalue weighted by molar-refractivity contribution is 7.89. The van der Waals surface area contributed by atoms with Crippen LogP contribution in [-0.2, 0) is 20.2 Å². The Labute approximate surface area is 186 Å². The van der Waals surface area contributed by atoms with E-state index in [1.807, 2.05) is 20.8 Å². The van der Waals surface area contributed by atoms with Gasteiger partial charge in [-0.15, -0.1) is 0 Å². The number of fused-ring (bicyclic) bond motifs is 1. The van der Waals surface area contributed by atoms with Gasteiger partial charge in [0.2, 0.25) is 10.0 Å². The molecule has 4 rings (SSSR count). The Morgan fingerprint density at radius 2 is 1.78 bits per heavy atom. The highest BCUT2D eigenvalue weighted by Crippen LogP contribution is 2.27. The Kier molecular flexibility index (Phi) is 5.59. The molecule has 1 fully saturated rings. The average molecular weight is 456 g/mol. The lowest BCUT2D eigenvalue weighted by molar-refractivity contribution is -0.141. The molecule has 1 atom stereocenters. The summed E-state index contributed by atoms with van der Waals surface area (Å²) < 4.78 is 27.6. The zero-order valence-corrected chi connectivity index (χ0v) is 19.0. The molecule has 0 aliphatic carbocycles. The van der Waals surface area contributed by atoms with Crippen LogP contribution in [0, 0.1) is 0 Å². The minimum absolute atomic E-state index is 0.0242. The van der Waals surface area contributed by atoms with Gasteiger partial charge in [0.1, 0.15) is 17.4 Å². The van der Waals surface area contributed by atoms with Gasteiger partial charge >= 0.3 is 5.97 Å². The number of aliphatic carboxylic acids is 1. The Bertz CT molecular complexity index is 1260. The molecular weight excluding hydrogens is 430 g/mol. The van der Waals surface area contributed by atoms with E-state index in [1.54, 1.807) is 53.8 Å². The van der Waals surface area contributed by atoms with Gasteiger partial charge in [-0.25, -0.2) is 18.4 Å². The van der Waals surface area contributed by atoms with E-state index < -0.39 is 22.0 Å². The van der Waals surface area contributed by atoms with E-state index in [9.17, 15) is 18.3 Å². The molecule has 1 aromatic carbocycles. The van der Waals surface area contributed by atoms with E-state index in [2.05, 4.69) is 15.0 Å². The van der Waals surface area contributed by atoms with E-state index in [4.69, 9.17) is 0 Å². The molecule has 10 heteroatoms. The van der Waals surface area contributed by atoms with Gasteiger partial charge < -0.3 is 10.0 Å². The molecule has 3 heterocycles. The average Bonchev–Trinajstić information content (AvgIpc) is 2.77. The summed E-state index contributed by atoms with van der Waals surface area (Å²) in [5.41, 5.74) is 2.15. The summed E-state index contributed by atoms with van der Waals surface area (Å²) >= 11 is 0. The highest BCUT2D eigenvalue weighted by Gasteiger charge is 2.40. The van der Waals surface area contributed by atoms with E-state index in [1.165, 1.54) is 0 Å². The van der Waals surface area contributed by atoms with E-state index in [-0.39, 0.29) is 23.4 Å². The Morgan fingerprint density at radius 1 is 1.06 bits per heavy atom. The molecule has 1 saturated heterocycles. The van der Waals surface area contributed by atoms with Crippen LogP contribution in [-0.4, -0.2) is 64.4 Å². The largest absolute Gasteiger partial charge is 0.480 e. The van der Waals surface area contributed by atoms with Crippen molar-refractivity contribution < 1.29 is 18.3 Å². The lowest BCUT2D eigenvalue weighted by Gasteiger charge is -2.38. The van der Waals surface area contributed by atoms with Crippen LogP contribution in [0.1, 0.15) is 26.3 Å². The summed E-state index contributed by atoms with van der Waals surface area (Å²) in [5, 5.41) is 9.83. The van der Waals surface area contributed by atoms with Gasteiger partial charge in [0.15, 0.2) is 0 Å². The van der Waals surface area contributed by atoms with E-state index in [0.717, 1.165) is 9.87 Å². The van der Waals surface area contributed by atoms with Gasteiger partial charge in [0.25, 0.3) is 0 Å². The van der Waals surface area contributed by atoms with Crippen LogP contribution in [0.3, 0.4) is 0 Å². The number of sulfonamides is 1. The first-order valence-electron chi connectivity index (χ1n) is 10.2. The van der Waals surface area contributed by atoms with Gasteiger partial charge in [-0.2, -0.15) is 4.31 Å². The van der Waals surface area contributed by atoms with Crippen molar-refractivity contribution in [2.24, 2.45) is 0 Å². The number of rotatable bonds is 4. The Balaban J connectivity index is 1.61. The van der Waals surface area contributed by atoms with Crippen LogP contribution in [0.2, 0.25) is 0 Å². The number of hydrogen-bond donors (Lipinski definition) is 1. The first-order chi connectivity index (χ1) is 15.1. The summed E-state index contributed by atoms with van der Waals surface area (Å²) in [6.45, 7) is 6.43. The molecule has 2 aromatic heterocycles. The molecule has 0 unspecified atom stereocenters. The topological polar surface area (TPSA) is 117 Å². The van der Waals surface area contributed by atoms with Crippen molar-refractivity contribution in [3.8, 4) is 0 Å². The quantitative estimate of drug-likeness (QED) is 0.637. The SMILES string of the molecule is CC(C)(C)c1ccc(S(=O)(=O)N2CCN(c3cnc4cnccc4n3)C[C@@H]2C(=O)O)cc1. The molecule has 9 nitrogen and oxygen atoms in total. The lowest BCUT2D eigenvalue weighted by Crippen LogP contribution is -2.58. The molecule has 0 spiro atoms. The second-order valence-electron chi connectivity index (χ2n) is 8.78. The van der Waals surface area contributed by atoms with Gasteiger partial charge in [0.05, 0.1) is 22.8 Å². The van der Waals surface area contributed by atoms with Gasteiger partial charge in [0, 0.05) is 25.8 Å². The number of nitrogens with zero attached hydrogens (tertiary/aromatic N) is 5. The molecule has 1 aliphatic heterocycles. The molecule has 168 valence electrons. The Morgan fingerprint density at radius 3 is 2.44 bits per heavy atom. The van der Waals surface area contributed by atoms with Crippen LogP contribution >= 0.6 is 0 Å². The second kappa shape index (κ2) is 8.10. The van der Waals surface area contributed by atoms with Gasteiger partial charge in [-0.05, 0) is 29.2 Å². The predicted molar refractivity (Wildman–Crippen MR) is 120 cm³/mol. The molecule has 0 bridgehead atoms. The maximum absolute atomic E-state index is 13.3. The van der Waals surface area contributed by atoms with Crippen LogP contribution in [0.15, 0.2) is 53.8 Å². The first-order valence-corrected chi connectivity index (χ1v) is 11.7. The number of carboxylic acid groups (broad SMARTS) is 1. The number of aromatic nitrogens is 3. The van der Waals surface area contributed by atoms with E-state index in [0.29, 0.717) is 23.4 Å². The molecule has 1 aliphatic rings. The fourth-order valence-electron chi connectivity index (χ4n) is 3.73. The molecule has 0 amide bonds. The number of hydrogen-bond acceptors (Lipinski definition) is 7. The minimum Gasteiger partial charge on any atom is -0.480 e. The maximum Gasteiger partial charge on any atom is 0.323 e. The van der Waals surface area contributed by atoms with Crippen LogP contribution < -0.4 is 4.90 Å². The lowest BCUT2D eigenvalue weighted by atomic mass is 9.87. The van der Waals surface area contributed by atoms with Crippen molar-refractivity contribution in [2.75, 3.05) is 24.5 Å². The van der Waals surface area contributed by atoms with Gasteiger partial charge in [-0.1, -0.05) is 32.9 Å². The summed E-state index contributed by atoms with van der Waals surface area (Å²) in [4.78, 5) is 26.7. The number of carbonyl (C=O) groups is 1. The summed E-state index contributed by atoms with van der Waals surface area (Å²) in [7, 11) is -3.98. The fourth-order valence-corrected chi connectivity index (χ4v) is 5.29. The van der Waals surface area contributed by atoms with Crippen LogP contribution in [0.4, 0.5) is 5.82 Å². The minimum atomic E-state index is -3.98. The molecule has 32 heavy (non-hydrogen) atoms. The maximum atomic E-state index is 13.3. The zero-order chi connectivity index (χ0) is 23.1. The molecule has 3 aromatic rings. The third kappa shape index (κ3) is 4.15. The van der Waals surface area contributed by atoms with Gasteiger partial charge in [-0.3, -0.25) is 9.78 Å². The molecular formula is C22H25N5O4S. The standard InChI is InChI=1S/C22H25N5O4S/c1-22(2,3)15-4-6-16(7-5-15)32(30,31)27-11-10-26(14-19(27)21(28)29)20-13-24-18-12-23-9-8-17(18)25-20/h4-9,12-13,19H,10-11,14H2,1-3H3,(H,28,29)/t19-/m1/s1. The van der Waals surface area contributed by atoms with Crippen LogP contribution in [0.5, 0.6) is 0 Å². The highest BCUT2D eigenvalue weighted by atomic mass is 32.2. The third-order valence-corrected chi connectivity index (χ3v) is 7.52. The molecule has 0 saturated carbocycles. The monoisotopic (exact) mass is 455 g/mol. The smallest absolute Gasteiger partial charge is 0.323 e. The van der Waals surface area contributed by atoms with Crippen molar-refractivity contribution in [1.29, 1.82) is 0 Å². The summed E-state index contributed by atoms with van der Waals surface area (Å²) in [6.07, 6.45) is 4.76. The normalized spacial score (nSPS) is 18.1. The number of anilines is 1. The van der Waals surface area contributed by atoms with Crippen molar-refractivity contribution in [3.63, 3.8) is 0 Å². The zero-order valence-electron chi connectivity index (χ0n) is 18.1. The van der Waals surface area contributed by atoms with E-state index >= 15 is 0 Å².